The Kier molecular flexibility index (Phi) is 4.65. The monoisotopic (exact) mass is 312 g/mol. The Balaban J connectivity index is 0. The molecular weight excluding hydrogens is 308 g/mol. The zero-order valence-electron chi connectivity index (χ0n) is 2.76. The first kappa shape index (κ1) is 9.87. The van der Waals surface area contributed by atoms with Gasteiger partial charge in [0.2, 0.25) is 0 Å². The van der Waals surface area contributed by atoms with E-state index in [1.807, 2.05) is 0 Å². The summed E-state index contributed by atoms with van der Waals surface area (Å²) in [5.74, 6) is 0. The molecule has 40 valence electrons. The first-order chi connectivity index (χ1) is 2.00. The zero-order valence-corrected chi connectivity index (χ0v) is 9.07. The van der Waals surface area contributed by atoms with Crippen molar-refractivity contribution in [2.75, 3.05) is 0 Å². The minimum atomic E-state index is -5.17. The Morgan fingerprint density at radius 3 is 1.50 bits per heavy atom. The molecule has 0 unspecified atom stereocenters. The summed E-state index contributed by atoms with van der Waals surface area (Å²) >= 11 is 0. The van der Waals surface area contributed by atoms with Crippen LogP contribution < -0.4 is 0 Å². The zero-order chi connectivity index (χ0) is 4.50. The molecule has 0 aliphatic carbocycles. The summed E-state index contributed by atoms with van der Waals surface area (Å²) in [6.07, 6.45) is 0. The molecule has 0 bridgehead atoms. The van der Waals surface area contributed by atoms with Crippen molar-refractivity contribution >= 4 is 36.7 Å². The summed E-state index contributed by atoms with van der Waals surface area (Å²) in [6, 6.07) is 0. The van der Waals surface area contributed by atoms with Crippen LogP contribution in [0.1, 0.15) is 0 Å². The third kappa shape index (κ3) is 125. The van der Waals surface area contributed by atoms with Crippen molar-refractivity contribution in [3.05, 3.63) is 0 Å². The Morgan fingerprint density at radius 2 is 1.50 bits per heavy atom. The fourth-order valence-corrected chi connectivity index (χ4v) is 0. The van der Waals surface area contributed by atoms with Crippen molar-refractivity contribution in [3.8, 4) is 0 Å². The van der Waals surface area contributed by atoms with Crippen LogP contribution >= 0.6 is 0 Å². The molecule has 0 aliphatic rings. The normalized spacial score (nSPS) is 9.67. The van der Waals surface area contributed by atoms with E-state index >= 15 is 0 Å². The van der Waals surface area contributed by atoms with Gasteiger partial charge in [0.15, 0.2) is 0 Å². The molecule has 0 aromatic rings. The average molecular weight is 312 g/mol. The number of rotatable bonds is 0. The van der Waals surface area contributed by atoms with Crippen molar-refractivity contribution in [1.29, 1.82) is 0 Å². The second-order valence-electron chi connectivity index (χ2n) is 0.412. The standard InChI is InChI=1S/Bi.FHO3S.3H/c;1-5(2,3)4;;;/h;(H,2,3,4);;;. The summed E-state index contributed by atoms with van der Waals surface area (Å²) in [5.41, 5.74) is 0. The van der Waals surface area contributed by atoms with Crippen LogP contribution in [0.5, 0.6) is 0 Å². The quantitative estimate of drug-likeness (QED) is 0.339. The molecule has 0 fully saturated rings. The van der Waals surface area contributed by atoms with E-state index in [-0.39, 0.29) is 26.2 Å². The molecule has 0 spiro atoms. The van der Waals surface area contributed by atoms with Gasteiger partial charge in [0.25, 0.3) is 0 Å². The molecule has 3 nitrogen and oxygen atoms in total. The Morgan fingerprint density at radius 1 is 1.50 bits per heavy atom. The molecule has 0 radical (unpaired) electrons. The Hall–Kier alpha value is 0.723. The van der Waals surface area contributed by atoms with E-state index in [9.17, 15) is 3.89 Å². The van der Waals surface area contributed by atoms with Gasteiger partial charge in [-0.25, -0.2) is 0 Å². The molecule has 0 heterocycles. The Bertz CT molecular complexity index is 94.0. The van der Waals surface area contributed by atoms with Gasteiger partial charge in [0.05, 0.1) is 0 Å². The molecule has 6 heavy (non-hydrogen) atoms. The van der Waals surface area contributed by atoms with Gasteiger partial charge in [-0.1, -0.05) is 3.89 Å². The van der Waals surface area contributed by atoms with Crippen LogP contribution in [0.15, 0.2) is 0 Å². The van der Waals surface area contributed by atoms with Crippen LogP contribution in [0.2, 0.25) is 0 Å². The van der Waals surface area contributed by atoms with E-state index in [1.165, 1.54) is 0 Å². The average Bonchev–Trinajstić information content (AvgIpc) is 0.722. The van der Waals surface area contributed by atoms with Crippen LogP contribution in [0.4, 0.5) is 3.89 Å². The van der Waals surface area contributed by atoms with Crippen LogP contribution in [0.3, 0.4) is 0 Å². The molecule has 0 saturated carbocycles. The van der Waals surface area contributed by atoms with Crippen molar-refractivity contribution < 1.29 is 16.9 Å². The van der Waals surface area contributed by atoms with E-state index in [2.05, 4.69) is 0 Å². The van der Waals surface area contributed by atoms with Gasteiger partial charge in [-0.2, -0.15) is 8.42 Å². The molecule has 0 aromatic carbocycles. The summed E-state index contributed by atoms with van der Waals surface area (Å²) in [7, 11) is -5.17. The molecule has 0 amide bonds. The van der Waals surface area contributed by atoms with Gasteiger partial charge >= 0.3 is 36.7 Å². The summed E-state index contributed by atoms with van der Waals surface area (Å²) < 4.78 is 34.1. The first-order valence-corrected chi connectivity index (χ1v) is 2.01. The minimum absolute atomic E-state index is 0. The fraction of sp³-hybridized carbons (Fsp3) is 0. The van der Waals surface area contributed by atoms with Crippen molar-refractivity contribution in [2.45, 2.75) is 0 Å². The third-order valence-corrected chi connectivity index (χ3v) is 0. The molecule has 0 rings (SSSR count). The molecule has 1 N–H and O–H groups in total. The van der Waals surface area contributed by atoms with Gasteiger partial charge in [0, 0.05) is 0 Å². The van der Waals surface area contributed by atoms with Crippen molar-refractivity contribution in [1.82, 2.24) is 0 Å². The van der Waals surface area contributed by atoms with E-state index < -0.39 is 10.5 Å². The summed E-state index contributed by atoms with van der Waals surface area (Å²) in [5, 5.41) is 0. The summed E-state index contributed by atoms with van der Waals surface area (Å²) in [4.78, 5) is 0. The number of hydrogen-bond acceptors (Lipinski definition) is 2. The maximum atomic E-state index is 10.2. The van der Waals surface area contributed by atoms with E-state index in [4.69, 9.17) is 13.0 Å². The molecule has 0 aromatic heterocycles. The van der Waals surface area contributed by atoms with Gasteiger partial charge in [0.1, 0.15) is 0 Å². The molecule has 0 atom stereocenters. The second kappa shape index (κ2) is 2.82. The molecule has 0 aliphatic heterocycles. The van der Waals surface area contributed by atoms with Crippen molar-refractivity contribution in [2.24, 2.45) is 0 Å². The maximum absolute atomic E-state index is 10.2. The van der Waals surface area contributed by atoms with Crippen LogP contribution in [0.25, 0.3) is 0 Å². The fourth-order valence-electron chi connectivity index (χ4n) is 0. The van der Waals surface area contributed by atoms with Gasteiger partial charge in [-0.3, -0.25) is 4.55 Å². The second-order valence-corrected chi connectivity index (χ2v) is 1.24. The predicted molar refractivity (Wildman–Crippen MR) is 22.6 cm³/mol. The first-order valence-electron chi connectivity index (χ1n) is 0.670. The number of hydrogen-bond donors (Lipinski definition) is 1. The van der Waals surface area contributed by atoms with E-state index in [0.29, 0.717) is 0 Å². The van der Waals surface area contributed by atoms with Gasteiger partial charge < -0.3 is 0 Å². The van der Waals surface area contributed by atoms with Crippen molar-refractivity contribution in [3.63, 3.8) is 0 Å². The van der Waals surface area contributed by atoms with Gasteiger partial charge in [-0.15, -0.1) is 0 Å². The SMILES string of the molecule is O=S(=O)(O)F.[BiH3]. The molecule has 0 saturated heterocycles. The Labute approximate surface area is 53.7 Å². The molecular formula is H4BiFO3S. The van der Waals surface area contributed by atoms with E-state index in [1.54, 1.807) is 0 Å². The van der Waals surface area contributed by atoms with Crippen LogP contribution in [-0.4, -0.2) is 39.2 Å². The van der Waals surface area contributed by atoms with Crippen LogP contribution in [-0.2, 0) is 10.5 Å². The predicted octanol–water partition coefficient (Wildman–Crippen LogP) is -1.43. The topological polar surface area (TPSA) is 54.4 Å². The van der Waals surface area contributed by atoms with E-state index in [0.717, 1.165) is 0 Å². The third-order valence-electron chi connectivity index (χ3n) is 0. The number of halogens is 1. The molecule has 6 heteroatoms. The van der Waals surface area contributed by atoms with Gasteiger partial charge in [-0.05, 0) is 0 Å². The summed E-state index contributed by atoms with van der Waals surface area (Å²) in [6.45, 7) is 0. The van der Waals surface area contributed by atoms with Crippen LogP contribution in [0, 0.1) is 0 Å².